The second kappa shape index (κ2) is 7.70. The normalized spacial score (nSPS) is 12.2. The summed E-state index contributed by atoms with van der Waals surface area (Å²) in [6.07, 6.45) is 0.588. The van der Waals surface area contributed by atoms with Crippen molar-refractivity contribution < 1.29 is 23.5 Å². The summed E-state index contributed by atoms with van der Waals surface area (Å²) in [4.78, 5) is 39.9. The highest BCUT2D eigenvalue weighted by Gasteiger charge is 2.26. The highest BCUT2D eigenvalue weighted by Crippen LogP contribution is 2.26. The number of hydrogen-bond acceptors (Lipinski definition) is 5. The fourth-order valence-corrected chi connectivity index (χ4v) is 3.65. The zero-order chi connectivity index (χ0) is 21.5. The van der Waals surface area contributed by atoms with Crippen LogP contribution in [0.3, 0.4) is 0 Å². The van der Waals surface area contributed by atoms with Gasteiger partial charge in [-0.05, 0) is 70.4 Å². The van der Waals surface area contributed by atoms with Crippen LogP contribution in [0.2, 0.25) is 0 Å². The second-order valence-electron chi connectivity index (χ2n) is 7.55. The third-order valence-corrected chi connectivity index (χ3v) is 5.32. The molecule has 0 aliphatic rings. The zero-order valence-corrected chi connectivity index (χ0v) is 17.6. The average Bonchev–Trinajstić information content (AvgIpc) is 3.14. The van der Waals surface area contributed by atoms with Crippen LogP contribution in [0.5, 0.6) is 0 Å². The first-order chi connectivity index (χ1) is 13.6. The number of Topliss-reactive ketones (excluding diaryl/α,β-unsaturated/α-hetero) is 2. The Balaban J connectivity index is 1.74. The Hall–Kier alpha value is -3.15. The predicted molar refractivity (Wildman–Crippen MR) is 110 cm³/mol. The van der Waals surface area contributed by atoms with Crippen LogP contribution in [0.4, 0.5) is 0 Å². The van der Waals surface area contributed by atoms with E-state index >= 15 is 0 Å². The monoisotopic (exact) mass is 395 g/mol. The van der Waals surface area contributed by atoms with Gasteiger partial charge in [-0.25, -0.2) is 0 Å². The van der Waals surface area contributed by atoms with E-state index in [-0.39, 0.29) is 18.0 Å². The molecule has 0 saturated heterocycles. The molecule has 0 aliphatic carbocycles. The number of aromatic nitrogens is 1. The number of rotatable bonds is 6. The van der Waals surface area contributed by atoms with Gasteiger partial charge >= 0.3 is 5.97 Å². The van der Waals surface area contributed by atoms with Crippen LogP contribution >= 0.6 is 0 Å². The minimum Gasteiger partial charge on any atom is -0.464 e. The number of hydrogen-bond donors (Lipinski definition) is 1. The molecule has 1 N–H and O–H groups in total. The number of ketones is 2. The Morgan fingerprint density at radius 3 is 2.38 bits per heavy atom. The minimum atomic E-state index is -0.971. The summed E-state index contributed by atoms with van der Waals surface area (Å²) in [5.41, 5.74) is 5.67. The maximum Gasteiger partial charge on any atom is 0.311 e. The van der Waals surface area contributed by atoms with Crippen molar-refractivity contribution in [2.24, 2.45) is 0 Å². The van der Waals surface area contributed by atoms with Crippen molar-refractivity contribution in [2.75, 3.05) is 0 Å². The van der Waals surface area contributed by atoms with Gasteiger partial charge in [-0.3, -0.25) is 14.4 Å². The Morgan fingerprint density at radius 2 is 1.76 bits per heavy atom. The largest absolute Gasteiger partial charge is 0.464 e. The van der Waals surface area contributed by atoms with E-state index in [9.17, 15) is 14.4 Å². The van der Waals surface area contributed by atoms with Gasteiger partial charge in [0.05, 0.1) is 18.4 Å². The highest BCUT2D eigenvalue weighted by atomic mass is 16.5. The molecule has 0 aliphatic heterocycles. The first-order valence-electron chi connectivity index (χ1n) is 9.51. The van der Waals surface area contributed by atoms with Crippen molar-refractivity contribution in [2.45, 2.75) is 54.1 Å². The molecule has 3 aromatic rings. The second-order valence-corrected chi connectivity index (χ2v) is 7.55. The van der Waals surface area contributed by atoms with Gasteiger partial charge in [0.15, 0.2) is 11.9 Å². The summed E-state index contributed by atoms with van der Waals surface area (Å²) < 4.78 is 10.9. The van der Waals surface area contributed by atoms with Gasteiger partial charge in [0.2, 0.25) is 5.78 Å². The van der Waals surface area contributed by atoms with E-state index in [0.717, 1.165) is 22.1 Å². The summed E-state index contributed by atoms with van der Waals surface area (Å²) in [7, 11) is 0. The summed E-state index contributed by atoms with van der Waals surface area (Å²) in [6, 6.07) is 3.92. The Morgan fingerprint density at radius 1 is 1.10 bits per heavy atom. The number of carbonyl (C=O) groups excluding carboxylic acids is 3. The van der Waals surface area contributed by atoms with Crippen molar-refractivity contribution in [1.29, 1.82) is 0 Å². The predicted octanol–water partition coefficient (Wildman–Crippen LogP) is 4.55. The molecule has 6 nitrogen and oxygen atoms in total. The van der Waals surface area contributed by atoms with Gasteiger partial charge in [-0.1, -0.05) is 0 Å². The van der Waals surface area contributed by atoms with Crippen LogP contribution in [-0.4, -0.2) is 28.6 Å². The fraction of sp³-hybridized carbons (Fsp3) is 0.348. The number of fused-ring (bicyclic) bond motifs is 1. The Labute approximate surface area is 169 Å². The number of aromatic amines is 1. The Kier molecular flexibility index (Phi) is 5.46. The summed E-state index contributed by atoms with van der Waals surface area (Å²) in [5, 5.41) is 0.867. The van der Waals surface area contributed by atoms with Gasteiger partial charge in [0.1, 0.15) is 5.58 Å². The van der Waals surface area contributed by atoms with Crippen LogP contribution in [0.15, 0.2) is 22.8 Å². The van der Waals surface area contributed by atoms with E-state index in [1.165, 1.54) is 13.8 Å². The lowest BCUT2D eigenvalue weighted by molar-refractivity contribution is -0.145. The molecule has 2 aromatic heterocycles. The van der Waals surface area contributed by atoms with E-state index in [1.807, 2.05) is 26.0 Å². The molecule has 2 heterocycles. The SMILES string of the molecule is CC(=O)c1c(C)[nH]c(C(=O)[C@H](C)OC(=O)Cc2coc3cc(C)c(C)cc23)c1C. The van der Waals surface area contributed by atoms with E-state index in [4.69, 9.17) is 9.15 Å². The molecule has 0 fully saturated rings. The van der Waals surface area contributed by atoms with Gasteiger partial charge in [0, 0.05) is 22.2 Å². The number of furan rings is 1. The van der Waals surface area contributed by atoms with Crippen molar-refractivity contribution in [3.63, 3.8) is 0 Å². The molecular formula is C23H25NO5. The number of ether oxygens (including phenoxy) is 1. The quantitative estimate of drug-likeness (QED) is 0.488. The molecule has 1 aromatic carbocycles. The number of carbonyl (C=O) groups is 3. The molecule has 0 bridgehead atoms. The van der Waals surface area contributed by atoms with Crippen LogP contribution < -0.4 is 0 Å². The fourth-order valence-electron chi connectivity index (χ4n) is 3.65. The van der Waals surface area contributed by atoms with Crippen molar-refractivity contribution in [3.8, 4) is 0 Å². The van der Waals surface area contributed by atoms with Crippen LogP contribution in [0.25, 0.3) is 11.0 Å². The topological polar surface area (TPSA) is 89.4 Å². The molecule has 3 rings (SSSR count). The number of H-pyrrole nitrogens is 1. The lowest BCUT2D eigenvalue weighted by Crippen LogP contribution is -2.26. The van der Waals surface area contributed by atoms with Gasteiger partial charge in [0.25, 0.3) is 0 Å². The summed E-state index contributed by atoms with van der Waals surface area (Å²) >= 11 is 0. The van der Waals surface area contributed by atoms with Crippen molar-refractivity contribution >= 4 is 28.5 Å². The van der Waals surface area contributed by atoms with E-state index in [1.54, 1.807) is 20.1 Å². The highest BCUT2D eigenvalue weighted by molar-refractivity contribution is 6.05. The number of benzene rings is 1. The zero-order valence-electron chi connectivity index (χ0n) is 17.6. The molecule has 29 heavy (non-hydrogen) atoms. The number of esters is 1. The molecular weight excluding hydrogens is 370 g/mol. The Bertz CT molecular complexity index is 1130. The molecule has 6 heteroatoms. The van der Waals surface area contributed by atoms with Crippen LogP contribution in [0, 0.1) is 27.7 Å². The lowest BCUT2D eigenvalue weighted by Gasteiger charge is -2.12. The molecule has 0 unspecified atom stereocenters. The first-order valence-corrected chi connectivity index (χ1v) is 9.51. The summed E-state index contributed by atoms with van der Waals surface area (Å²) in [6.45, 7) is 10.4. The maximum atomic E-state index is 12.7. The first kappa shape index (κ1) is 20.6. The van der Waals surface area contributed by atoms with E-state index in [2.05, 4.69) is 4.98 Å². The van der Waals surface area contributed by atoms with Gasteiger partial charge < -0.3 is 14.1 Å². The van der Waals surface area contributed by atoms with Gasteiger partial charge in [-0.2, -0.15) is 0 Å². The van der Waals surface area contributed by atoms with E-state index in [0.29, 0.717) is 28.1 Å². The van der Waals surface area contributed by atoms with Gasteiger partial charge in [-0.15, -0.1) is 0 Å². The average molecular weight is 395 g/mol. The number of nitrogens with one attached hydrogen (secondary N) is 1. The third kappa shape index (κ3) is 3.88. The molecule has 0 amide bonds. The van der Waals surface area contributed by atoms with Crippen LogP contribution in [-0.2, 0) is 16.0 Å². The molecule has 0 spiro atoms. The van der Waals surface area contributed by atoms with Crippen molar-refractivity contribution in [3.05, 3.63) is 57.6 Å². The molecule has 152 valence electrons. The van der Waals surface area contributed by atoms with Crippen LogP contribution in [0.1, 0.15) is 62.6 Å². The number of aryl methyl sites for hydroxylation is 3. The summed E-state index contributed by atoms with van der Waals surface area (Å²) in [5.74, 6) is -0.994. The van der Waals surface area contributed by atoms with E-state index < -0.39 is 12.1 Å². The minimum absolute atomic E-state index is 0.00849. The molecule has 0 saturated carbocycles. The smallest absolute Gasteiger partial charge is 0.311 e. The lowest BCUT2D eigenvalue weighted by atomic mass is 10.0. The molecule has 0 radical (unpaired) electrons. The third-order valence-electron chi connectivity index (χ3n) is 5.32. The maximum absolute atomic E-state index is 12.7. The molecule has 1 atom stereocenters. The van der Waals surface area contributed by atoms with Crippen molar-refractivity contribution in [1.82, 2.24) is 4.98 Å². The standard InChI is InChI=1S/C23H25NO5/c1-11-7-18-17(10-28-19(18)8-12(11)2)9-20(26)29-16(6)23(27)22-13(3)21(15(5)25)14(4)24-22/h7-8,10,16,24H,9H2,1-6H3/t16-/m0/s1.